The SMILES string of the molecule is COc1ccc(-c2nnc(SCC(=O)/C(C#N)=C(\C)N)n2-c2cccc(C(F)(F)F)c2)cc1. The number of nitriles is 1. The molecule has 0 fully saturated rings. The number of hydrogen-bond donors (Lipinski definition) is 1. The predicted molar refractivity (Wildman–Crippen MR) is 117 cm³/mol. The summed E-state index contributed by atoms with van der Waals surface area (Å²) in [6, 6.07) is 13.2. The monoisotopic (exact) mass is 473 g/mol. The third kappa shape index (κ3) is 5.35. The third-order valence-corrected chi connectivity index (χ3v) is 5.46. The van der Waals surface area contributed by atoms with Crippen LogP contribution in [0.3, 0.4) is 0 Å². The molecule has 2 aromatic carbocycles. The van der Waals surface area contributed by atoms with Crippen molar-refractivity contribution in [1.82, 2.24) is 14.8 Å². The topological polar surface area (TPSA) is 107 Å². The Kier molecular flexibility index (Phi) is 7.08. The molecule has 7 nitrogen and oxygen atoms in total. The second-order valence-corrected chi connectivity index (χ2v) is 7.74. The average Bonchev–Trinajstić information content (AvgIpc) is 3.21. The molecule has 0 spiro atoms. The van der Waals surface area contributed by atoms with E-state index in [9.17, 15) is 18.0 Å². The van der Waals surface area contributed by atoms with Crippen LogP contribution in [0.15, 0.2) is 65.0 Å². The fourth-order valence-corrected chi connectivity index (χ4v) is 3.74. The minimum atomic E-state index is -4.54. The van der Waals surface area contributed by atoms with Crippen molar-refractivity contribution in [2.45, 2.75) is 18.3 Å². The molecule has 0 bridgehead atoms. The van der Waals surface area contributed by atoms with E-state index in [4.69, 9.17) is 15.7 Å². The van der Waals surface area contributed by atoms with Gasteiger partial charge in [-0.2, -0.15) is 18.4 Å². The molecule has 3 rings (SSSR count). The van der Waals surface area contributed by atoms with Crippen molar-refractivity contribution < 1.29 is 22.7 Å². The minimum Gasteiger partial charge on any atom is -0.497 e. The number of nitrogens with two attached hydrogens (primary N) is 1. The summed E-state index contributed by atoms with van der Waals surface area (Å²) < 4.78 is 46.5. The second-order valence-electron chi connectivity index (χ2n) is 6.80. The van der Waals surface area contributed by atoms with Crippen molar-refractivity contribution in [3.05, 3.63) is 65.4 Å². The van der Waals surface area contributed by atoms with E-state index in [2.05, 4.69) is 10.2 Å². The molecule has 0 aliphatic carbocycles. The van der Waals surface area contributed by atoms with Gasteiger partial charge in [0.15, 0.2) is 16.8 Å². The van der Waals surface area contributed by atoms with E-state index < -0.39 is 17.5 Å². The van der Waals surface area contributed by atoms with Gasteiger partial charge in [-0.05, 0) is 49.4 Å². The summed E-state index contributed by atoms with van der Waals surface area (Å²) in [7, 11) is 1.51. The van der Waals surface area contributed by atoms with Gasteiger partial charge in [-0.25, -0.2) is 0 Å². The van der Waals surface area contributed by atoms with Gasteiger partial charge in [0, 0.05) is 11.3 Å². The molecule has 11 heteroatoms. The summed E-state index contributed by atoms with van der Waals surface area (Å²) in [5.74, 6) is 0.152. The number of carbonyl (C=O) groups excluding carboxylic acids is 1. The minimum absolute atomic E-state index is 0.0846. The number of halogens is 3. The van der Waals surface area contributed by atoms with Crippen molar-refractivity contribution in [3.8, 4) is 28.9 Å². The molecule has 1 aromatic heterocycles. The zero-order chi connectivity index (χ0) is 24.2. The smallest absolute Gasteiger partial charge is 0.416 e. The summed E-state index contributed by atoms with van der Waals surface area (Å²) in [6.07, 6.45) is -4.54. The number of allylic oxidation sites excluding steroid dienone is 2. The summed E-state index contributed by atoms with van der Waals surface area (Å²) in [6.45, 7) is 1.44. The van der Waals surface area contributed by atoms with Crippen LogP contribution in [-0.2, 0) is 11.0 Å². The van der Waals surface area contributed by atoms with Crippen molar-refractivity contribution >= 4 is 17.5 Å². The van der Waals surface area contributed by atoms with Gasteiger partial charge in [0.1, 0.15) is 17.4 Å². The summed E-state index contributed by atoms with van der Waals surface area (Å²) in [5, 5.41) is 17.5. The number of thioether (sulfide) groups is 1. The number of Topliss-reactive ketones (excluding diaryl/α,β-unsaturated/α-hetero) is 1. The van der Waals surface area contributed by atoms with Crippen LogP contribution in [-0.4, -0.2) is 33.4 Å². The Bertz CT molecular complexity index is 1240. The van der Waals surface area contributed by atoms with E-state index in [1.807, 2.05) is 0 Å². The molecule has 0 atom stereocenters. The molecule has 0 unspecified atom stereocenters. The van der Waals surface area contributed by atoms with Gasteiger partial charge < -0.3 is 10.5 Å². The van der Waals surface area contributed by atoms with E-state index in [1.165, 1.54) is 30.7 Å². The van der Waals surface area contributed by atoms with Crippen LogP contribution >= 0.6 is 11.8 Å². The zero-order valence-corrected chi connectivity index (χ0v) is 18.4. The van der Waals surface area contributed by atoms with Crippen molar-refractivity contribution in [2.24, 2.45) is 5.73 Å². The molecule has 33 heavy (non-hydrogen) atoms. The molecule has 0 aliphatic rings. The average molecular weight is 473 g/mol. The molecule has 0 amide bonds. The number of nitrogens with zero attached hydrogens (tertiary/aromatic N) is 4. The Balaban J connectivity index is 2.08. The number of alkyl halides is 3. The van der Waals surface area contributed by atoms with Crippen molar-refractivity contribution in [2.75, 3.05) is 12.9 Å². The van der Waals surface area contributed by atoms with Crippen LogP contribution in [0.1, 0.15) is 12.5 Å². The number of carbonyl (C=O) groups is 1. The highest BCUT2D eigenvalue weighted by molar-refractivity contribution is 7.99. The molecule has 0 radical (unpaired) electrons. The van der Waals surface area contributed by atoms with Gasteiger partial charge in [-0.1, -0.05) is 17.8 Å². The fraction of sp³-hybridized carbons (Fsp3) is 0.182. The van der Waals surface area contributed by atoms with Crippen LogP contribution in [0.5, 0.6) is 5.75 Å². The number of rotatable bonds is 7. The van der Waals surface area contributed by atoms with Gasteiger partial charge >= 0.3 is 6.18 Å². The molecule has 0 saturated heterocycles. The van der Waals surface area contributed by atoms with E-state index in [1.54, 1.807) is 30.3 Å². The molecule has 3 aromatic rings. The molecular weight excluding hydrogens is 455 g/mol. The number of benzene rings is 2. The summed E-state index contributed by atoms with van der Waals surface area (Å²) >= 11 is 0.941. The standard InChI is InChI=1S/C22H18F3N5O2S/c1-13(27)18(11-26)19(31)12-33-21-29-28-20(14-6-8-17(32-2)9-7-14)30(21)16-5-3-4-15(10-16)22(23,24)25/h3-10H,12,27H2,1-2H3/b18-13+. The molecule has 0 saturated carbocycles. The number of ether oxygens (including phenoxy) is 1. The maximum atomic E-state index is 13.3. The Hall–Kier alpha value is -3.78. The van der Waals surface area contributed by atoms with Gasteiger partial charge in [0.05, 0.1) is 24.1 Å². The van der Waals surface area contributed by atoms with Gasteiger partial charge in [-0.3, -0.25) is 9.36 Å². The third-order valence-electron chi connectivity index (χ3n) is 4.53. The first-order valence-electron chi connectivity index (χ1n) is 9.45. The fourth-order valence-electron chi connectivity index (χ4n) is 2.92. The highest BCUT2D eigenvalue weighted by atomic mass is 32.2. The summed E-state index contributed by atoms with van der Waals surface area (Å²) in [4.78, 5) is 12.4. The number of ketones is 1. The second kappa shape index (κ2) is 9.79. The Morgan fingerprint density at radius 1 is 1.21 bits per heavy atom. The number of hydrogen-bond acceptors (Lipinski definition) is 7. The lowest BCUT2D eigenvalue weighted by Gasteiger charge is -2.13. The molecule has 2 N–H and O–H groups in total. The lowest BCUT2D eigenvalue weighted by Crippen LogP contribution is -2.11. The van der Waals surface area contributed by atoms with Crippen molar-refractivity contribution in [3.63, 3.8) is 0 Å². The summed E-state index contributed by atoms with van der Waals surface area (Å²) in [5.41, 5.74) is 5.39. The van der Waals surface area contributed by atoms with Gasteiger partial charge in [0.2, 0.25) is 0 Å². The lowest BCUT2D eigenvalue weighted by atomic mass is 10.1. The lowest BCUT2D eigenvalue weighted by molar-refractivity contribution is -0.137. The quantitative estimate of drug-likeness (QED) is 0.308. The Morgan fingerprint density at radius 2 is 1.91 bits per heavy atom. The van der Waals surface area contributed by atoms with E-state index in [-0.39, 0.29) is 33.7 Å². The van der Waals surface area contributed by atoms with Crippen LogP contribution in [0, 0.1) is 11.3 Å². The van der Waals surface area contributed by atoms with Crippen molar-refractivity contribution in [1.29, 1.82) is 5.26 Å². The van der Waals surface area contributed by atoms with Crippen LogP contribution in [0.2, 0.25) is 0 Å². The van der Waals surface area contributed by atoms with E-state index in [0.717, 1.165) is 23.9 Å². The van der Waals surface area contributed by atoms with Crippen LogP contribution in [0.25, 0.3) is 17.1 Å². The zero-order valence-electron chi connectivity index (χ0n) is 17.6. The number of aromatic nitrogens is 3. The molecule has 170 valence electrons. The van der Waals surface area contributed by atoms with Gasteiger partial charge in [0.25, 0.3) is 0 Å². The first-order chi connectivity index (χ1) is 15.7. The van der Waals surface area contributed by atoms with E-state index in [0.29, 0.717) is 11.3 Å². The Labute approximate surface area is 191 Å². The molecule has 1 heterocycles. The maximum Gasteiger partial charge on any atom is 0.416 e. The molecule has 0 aliphatic heterocycles. The normalized spacial score (nSPS) is 12.1. The first kappa shape index (κ1) is 23.9. The number of methoxy groups -OCH3 is 1. The van der Waals surface area contributed by atoms with E-state index >= 15 is 0 Å². The Morgan fingerprint density at radius 3 is 2.48 bits per heavy atom. The van der Waals surface area contributed by atoms with Crippen LogP contribution < -0.4 is 10.5 Å². The largest absolute Gasteiger partial charge is 0.497 e. The highest BCUT2D eigenvalue weighted by Gasteiger charge is 2.31. The molecular formula is C22H18F3N5O2S. The maximum absolute atomic E-state index is 13.3. The predicted octanol–water partition coefficient (Wildman–Crippen LogP) is 4.38. The van der Waals surface area contributed by atoms with Crippen LogP contribution in [0.4, 0.5) is 13.2 Å². The first-order valence-corrected chi connectivity index (χ1v) is 10.4. The van der Waals surface area contributed by atoms with Gasteiger partial charge in [-0.15, -0.1) is 10.2 Å². The highest BCUT2D eigenvalue weighted by Crippen LogP contribution is 2.33.